The van der Waals surface area contributed by atoms with E-state index in [9.17, 15) is 26.3 Å². The van der Waals surface area contributed by atoms with Crippen molar-refractivity contribution in [2.75, 3.05) is 0 Å². The fourth-order valence-corrected chi connectivity index (χ4v) is 7.16. The van der Waals surface area contributed by atoms with Crippen LogP contribution in [0.3, 0.4) is 0 Å². The summed E-state index contributed by atoms with van der Waals surface area (Å²) in [6.07, 6.45) is -11.4. The summed E-state index contributed by atoms with van der Waals surface area (Å²) in [5.41, 5.74) is -3.34. The zero-order valence-corrected chi connectivity index (χ0v) is 27.6. The summed E-state index contributed by atoms with van der Waals surface area (Å²) in [4.78, 5) is 9.30. The molecule has 0 bridgehead atoms. The molecule has 50 heavy (non-hydrogen) atoms. The number of aromatic nitrogens is 2. The van der Waals surface area contributed by atoms with E-state index in [1.54, 1.807) is 0 Å². The second kappa shape index (κ2) is 10.4. The second-order valence-electron chi connectivity index (χ2n) is 14.2. The fourth-order valence-electron chi connectivity index (χ4n) is 7.16. The van der Waals surface area contributed by atoms with Gasteiger partial charge in [0.1, 0.15) is 11.0 Å². The lowest BCUT2D eigenvalue weighted by atomic mass is 9.72. The maximum Gasteiger partial charge on any atom is 0.411 e. The number of hydrogen-bond donors (Lipinski definition) is 0. The lowest BCUT2D eigenvalue weighted by Crippen LogP contribution is -2.54. The molecule has 0 N–H and O–H groups in total. The Labute approximate surface area is 282 Å². The third-order valence-electron chi connectivity index (χ3n) is 9.72. The summed E-state index contributed by atoms with van der Waals surface area (Å²) in [6, 6.07) is 20.3. The quantitative estimate of drug-likeness (QED) is 0.137. The maximum atomic E-state index is 14.8. The Bertz CT molecular complexity index is 2550. The first kappa shape index (κ1) is 32.1. The molecule has 0 spiro atoms. The van der Waals surface area contributed by atoms with E-state index in [1.807, 2.05) is 71.0 Å². The van der Waals surface area contributed by atoms with Gasteiger partial charge >= 0.3 is 12.4 Å². The van der Waals surface area contributed by atoms with Crippen molar-refractivity contribution in [1.29, 1.82) is 0 Å². The van der Waals surface area contributed by atoms with Gasteiger partial charge in [-0.05, 0) is 69.3 Å². The van der Waals surface area contributed by atoms with Crippen molar-refractivity contribution in [3.05, 3.63) is 108 Å². The van der Waals surface area contributed by atoms with Crippen LogP contribution in [0.2, 0.25) is 0 Å². The van der Waals surface area contributed by atoms with Crippen molar-refractivity contribution < 1.29 is 35.2 Å². The molecule has 4 nitrogen and oxygen atoms in total. The molecule has 0 fully saturated rings. The summed E-state index contributed by atoms with van der Waals surface area (Å²) in [6.45, 7) is 9.52. The minimum Gasteiger partial charge on any atom is -0.440 e. The Morgan fingerprint density at radius 2 is 1.02 bits per heavy atom. The average molecular weight is 685 g/mol. The normalized spacial score (nSPS) is 13.7. The second-order valence-corrected chi connectivity index (χ2v) is 14.2. The van der Waals surface area contributed by atoms with Crippen molar-refractivity contribution in [3.63, 3.8) is 0 Å². The molecule has 0 aliphatic heterocycles. The van der Waals surface area contributed by atoms with E-state index in [4.69, 9.17) is 8.83 Å². The van der Waals surface area contributed by atoms with E-state index in [0.29, 0.717) is 28.1 Å². The van der Waals surface area contributed by atoms with E-state index in [0.717, 1.165) is 62.1 Å². The van der Waals surface area contributed by atoms with E-state index < -0.39 is 34.3 Å². The summed E-state index contributed by atoms with van der Waals surface area (Å²) in [5, 5.41) is 5.41. The van der Waals surface area contributed by atoms with E-state index >= 15 is 0 Å². The highest BCUT2D eigenvalue weighted by atomic mass is 19.4. The molecular formula is C40H30F6N2O2. The van der Waals surface area contributed by atoms with Gasteiger partial charge < -0.3 is 8.83 Å². The first-order valence-electron chi connectivity index (χ1n) is 16.2. The van der Waals surface area contributed by atoms with Gasteiger partial charge in [0.2, 0.25) is 11.3 Å². The molecule has 8 aromatic rings. The van der Waals surface area contributed by atoms with E-state index in [2.05, 4.69) is 9.97 Å². The molecular weight excluding hydrogens is 654 g/mol. The number of benzene rings is 6. The van der Waals surface area contributed by atoms with Gasteiger partial charge in [0.15, 0.2) is 17.1 Å². The third kappa shape index (κ3) is 4.53. The van der Waals surface area contributed by atoms with Crippen LogP contribution in [0, 0.1) is 0 Å². The Morgan fingerprint density at radius 1 is 0.560 bits per heavy atom. The van der Waals surface area contributed by atoms with Crippen LogP contribution in [0.25, 0.3) is 66.0 Å². The van der Waals surface area contributed by atoms with Crippen molar-refractivity contribution in [1.82, 2.24) is 9.97 Å². The van der Waals surface area contributed by atoms with Gasteiger partial charge in [-0.25, -0.2) is 9.97 Å². The van der Waals surface area contributed by atoms with Crippen molar-refractivity contribution in [3.8, 4) is 11.5 Å². The number of fused-ring (bicyclic) bond motifs is 4. The van der Waals surface area contributed by atoms with Crippen LogP contribution in [0.5, 0.6) is 0 Å². The van der Waals surface area contributed by atoms with Crippen molar-refractivity contribution in [2.24, 2.45) is 0 Å². The Hall–Kier alpha value is -5.12. The highest BCUT2D eigenvalue weighted by Crippen LogP contribution is 2.56. The predicted octanol–water partition coefficient (Wildman–Crippen LogP) is 12.4. The summed E-state index contributed by atoms with van der Waals surface area (Å²) >= 11 is 0. The molecule has 8 rings (SSSR count). The zero-order valence-electron chi connectivity index (χ0n) is 27.6. The van der Waals surface area contributed by atoms with Crippen LogP contribution in [0.1, 0.15) is 63.1 Å². The molecule has 2 heterocycles. The van der Waals surface area contributed by atoms with Gasteiger partial charge in [-0.2, -0.15) is 26.3 Å². The fraction of sp³-hybridized carbons (Fsp3) is 0.250. The maximum absolute atomic E-state index is 14.8. The molecule has 10 heteroatoms. The Morgan fingerprint density at radius 3 is 1.50 bits per heavy atom. The van der Waals surface area contributed by atoms with Crippen molar-refractivity contribution >= 4 is 54.5 Å². The van der Waals surface area contributed by atoms with Crippen LogP contribution in [-0.4, -0.2) is 22.3 Å². The lowest BCUT2D eigenvalue weighted by Gasteiger charge is -2.38. The molecule has 0 unspecified atom stereocenters. The minimum absolute atomic E-state index is 0.0694. The molecule has 0 saturated heterocycles. The molecule has 0 aliphatic carbocycles. The topological polar surface area (TPSA) is 52.1 Å². The molecule has 0 aliphatic rings. The van der Waals surface area contributed by atoms with Gasteiger partial charge in [-0.1, -0.05) is 83.1 Å². The van der Waals surface area contributed by atoms with Crippen molar-refractivity contribution in [2.45, 2.75) is 63.7 Å². The predicted molar refractivity (Wildman–Crippen MR) is 183 cm³/mol. The number of halogens is 6. The van der Waals surface area contributed by atoms with Crippen LogP contribution >= 0.6 is 0 Å². The van der Waals surface area contributed by atoms with Crippen LogP contribution < -0.4 is 0 Å². The monoisotopic (exact) mass is 684 g/mol. The van der Waals surface area contributed by atoms with E-state index in [-0.39, 0.29) is 17.4 Å². The highest BCUT2D eigenvalue weighted by Gasteiger charge is 2.72. The molecule has 0 atom stereocenters. The van der Waals surface area contributed by atoms with E-state index in [1.165, 1.54) is 24.3 Å². The average Bonchev–Trinajstić information content (AvgIpc) is 3.67. The molecule has 0 saturated carbocycles. The number of oxazole rings is 2. The van der Waals surface area contributed by atoms with Gasteiger partial charge in [0.25, 0.3) is 0 Å². The third-order valence-corrected chi connectivity index (χ3v) is 9.72. The molecule has 2 aromatic heterocycles. The van der Waals surface area contributed by atoms with Crippen LogP contribution in [0.15, 0.2) is 93.8 Å². The summed E-state index contributed by atoms with van der Waals surface area (Å²) in [7, 11) is 0. The first-order chi connectivity index (χ1) is 23.5. The van der Waals surface area contributed by atoms with Gasteiger partial charge in [0.05, 0.1) is 0 Å². The summed E-state index contributed by atoms with van der Waals surface area (Å²) < 4.78 is 101. The highest BCUT2D eigenvalue weighted by molar-refractivity contribution is 6.31. The lowest BCUT2D eigenvalue weighted by molar-refractivity contribution is -0.288. The Balaban J connectivity index is 1.26. The Kier molecular flexibility index (Phi) is 6.71. The summed E-state index contributed by atoms with van der Waals surface area (Å²) in [5.74, 6) is 0.821. The number of hydrogen-bond acceptors (Lipinski definition) is 4. The SMILES string of the molecule is CC(C)c1nc2cc3ccc4cc5nc(-c6ccc(C(c7ccc(C(C)(C)C)cc7)(C(F)(F)F)C(F)(F)F)cc6)oc5c5ccc(c2o1)c3c45. The zero-order chi connectivity index (χ0) is 35.5. The van der Waals surface area contributed by atoms with Gasteiger partial charge in [-0.3, -0.25) is 0 Å². The van der Waals surface area contributed by atoms with Gasteiger partial charge in [0, 0.05) is 33.0 Å². The molecule has 254 valence electrons. The van der Waals surface area contributed by atoms with Gasteiger partial charge in [-0.15, -0.1) is 0 Å². The standard InChI is InChI=1S/C40H30F6N2O2/c1-20(2)35-47-29-18-22-6-7-23-19-30-34(28-17-16-27(33(29)49-35)31(22)32(23)28)50-36(48-30)21-8-10-25(11-9-21)38(39(41,42)43,40(44,45)46)26-14-12-24(13-15-26)37(3,4)5/h6-20H,1-5H3. The largest absolute Gasteiger partial charge is 0.440 e. The first-order valence-corrected chi connectivity index (χ1v) is 16.2. The minimum atomic E-state index is -5.70. The number of rotatable bonds is 4. The smallest absolute Gasteiger partial charge is 0.411 e. The molecule has 0 radical (unpaired) electrons. The van der Waals surface area contributed by atoms with Crippen LogP contribution in [-0.2, 0) is 10.8 Å². The number of alkyl halides is 6. The molecule has 6 aromatic carbocycles. The molecule has 0 amide bonds. The number of nitrogens with zero attached hydrogens (tertiary/aromatic N) is 2. The van der Waals surface area contributed by atoms with Crippen LogP contribution in [0.4, 0.5) is 26.3 Å².